The number of hydrogen-bond donors (Lipinski definition) is 0. The third-order valence-corrected chi connectivity index (χ3v) is 7.29. The van der Waals surface area contributed by atoms with E-state index in [4.69, 9.17) is 9.15 Å². The summed E-state index contributed by atoms with van der Waals surface area (Å²) in [4.78, 5) is 16.5. The van der Waals surface area contributed by atoms with Crippen molar-refractivity contribution >= 4 is 35.1 Å². The van der Waals surface area contributed by atoms with Gasteiger partial charge in [-0.25, -0.2) is 0 Å². The van der Waals surface area contributed by atoms with Crippen molar-refractivity contribution in [3.8, 4) is 17.2 Å². The maximum absolute atomic E-state index is 13.5. The SMILES string of the molecule is COc1ccccc1-c1nnc(SCC(=O)N2c3ccccc3SC[C@H]2c2ccccc2)o1. The summed E-state index contributed by atoms with van der Waals surface area (Å²) in [5.74, 6) is 2.01. The zero-order valence-electron chi connectivity index (χ0n) is 17.9. The molecule has 0 fully saturated rings. The van der Waals surface area contributed by atoms with Crippen LogP contribution in [-0.2, 0) is 4.79 Å². The lowest BCUT2D eigenvalue weighted by atomic mass is 10.1. The Kier molecular flexibility index (Phi) is 6.37. The second-order valence-electron chi connectivity index (χ2n) is 7.33. The van der Waals surface area contributed by atoms with Crippen molar-refractivity contribution in [2.24, 2.45) is 0 Å². The number of thioether (sulfide) groups is 2. The molecule has 0 saturated carbocycles. The van der Waals surface area contributed by atoms with Crippen molar-refractivity contribution in [2.75, 3.05) is 23.5 Å². The maximum Gasteiger partial charge on any atom is 0.277 e. The largest absolute Gasteiger partial charge is 0.496 e. The van der Waals surface area contributed by atoms with Gasteiger partial charge in [-0.2, -0.15) is 0 Å². The Morgan fingerprint density at radius 1 is 1.06 bits per heavy atom. The molecule has 0 unspecified atom stereocenters. The second kappa shape index (κ2) is 9.72. The molecule has 1 atom stereocenters. The van der Waals surface area contributed by atoms with Gasteiger partial charge in [-0.1, -0.05) is 66.4 Å². The average Bonchev–Trinajstić information content (AvgIpc) is 3.36. The summed E-state index contributed by atoms with van der Waals surface area (Å²) in [5.41, 5.74) is 2.78. The van der Waals surface area contributed by atoms with Gasteiger partial charge in [0.05, 0.1) is 30.2 Å². The van der Waals surface area contributed by atoms with Crippen LogP contribution in [0.3, 0.4) is 0 Å². The second-order valence-corrected chi connectivity index (χ2v) is 9.32. The first-order valence-electron chi connectivity index (χ1n) is 10.4. The van der Waals surface area contributed by atoms with E-state index in [9.17, 15) is 4.79 Å². The number of anilines is 1. The minimum atomic E-state index is -0.0361. The standard InChI is InChI=1S/C25H21N3O3S2/c1-30-21-13-7-5-11-18(21)24-26-27-25(31-24)33-16-23(29)28-19-12-6-8-14-22(19)32-15-20(28)17-9-3-2-4-10-17/h2-14,20H,15-16H2,1H3/t20-/m0/s1. The number of carbonyl (C=O) groups is 1. The van der Waals surface area contributed by atoms with Gasteiger partial charge in [0.15, 0.2) is 0 Å². The summed E-state index contributed by atoms with van der Waals surface area (Å²) in [5, 5.41) is 8.61. The van der Waals surface area contributed by atoms with Gasteiger partial charge in [0.1, 0.15) is 5.75 Å². The number of benzene rings is 3. The molecule has 166 valence electrons. The first-order valence-corrected chi connectivity index (χ1v) is 12.4. The Morgan fingerprint density at radius 3 is 2.67 bits per heavy atom. The molecule has 3 aromatic carbocycles. The molecule has 4 aromatic rings. The average molecular weight is 476 g/mol. The summed E-state index contributed by atoms with van der Waals surface area (Å²) in [6.07, 6.45) is 0. The third kappa shape index (κ3) is 4.49. The number of amides is 1. The Balaban J connectivity index is 1.37. The predicted molar refractivity (Wildman–Crippen MR) is 131 cm³/mol. The number of aromatic nitrogens is 2. The highest BCUT2D eigenvalue weighted by molar-refractivity contribution is 8.00. The van der Waals surface area contributed by atoms with Crippen LogP contribution < -0.4 is 9.64 Å². The molecule has 0 bridgehead atoms. The van der Waals surface area contributed by atoms with Gasteiger partial charge in [0, 0.05) is 10.6 Å². The minimum Gasteiger partial charge on any atom is -0.496 e. The topological polar surface area (TPSA) is 68.5 Å². The monoisotopic (exact) mass is 475 g/mol. The molecule has 8 heteroatoms. The van der Waals surface area contributed by atoms with Crippen LogP contribution in [-0.4, -0.2) is 34.7 Å². The number of hydrogen-bond acceptors (Lipinski definition) is 7. The molecule has 5 rings (SSSR count). The highest BCUT2D eigenvalue weighted by atomic mass is 32.2. The van der Waals surface area contributed by atoms with Crippen molar-refractivity contribution in [3.63, 3.8) is 0 Å². The lowest BCUT2D eigenvalue weighted by Crippen LogP contribution is -2.39. The number of carbonyl (C=O) groups excluding carboxylic acids is 1. The molecule has 6 nitrogen and oxygen atoms in total. The number of fused-ring (bicyclic) bond motifs is 1. The number of nitrogens with zero attached hydrogens (tertiary/aromatic N) is 3. The van der Waals surface area contributed by atoms with Gasteiger partial charge in [-0.3, -0.25) is 4.79 Å². The fourth-order valence-electron chi connectivity index (χ4n) is 3.81. The van der Waals surface area contributed by atoms with Gasteiger partial charge in [-0.05, 0) is 29.8 Å². The molecule has 0 saturated heterocycles. The number of methoxy groups -OCH3 is 1. The van der Waals surface area contributed by atoms with E-state index in [1.165, 1.54) is 11.8 Å². The van der Waals surface area contributed by atoms with Gasteiger partial charge in [0.25, 0.3) is 11.1 Å². The molecular weight excluding hydrogens is 454 g/mol. The van der Waals surface area contributed by atoms with Gasteiger partial charge in [0.2, 0.25) is 5.91 Å². The fraction of sp³-hybridized carbons (Fsp3) is 0.160. The molecule has 0 radical (unpaired) electrons. The van der Waals surface area contributed by atoms with Crippen LogP contribution in [0.5, 0.6) is 5.75 Å². The highest BCUT2D eigenvalue weighted by Gasteiger charge is 2.32. The number of rotatable bonds is 6. The van der Waals surface area contributed by atoms with Crippen molar-refractivity contribution in [1.29, 1.82) is 0 Å². The molecule has 0 N–H and O–H groups in total. The van der Waals surface area contributed by atoms with Gasteiger partial charge in [-0.15, -0.1) is 22.0 Å². The predicted octanol–water partition coefficient (Wildman–Crippen LogP) is 5.72. The van der Waals surface area contributed by atoms with E-state index >= 15 is 0 Å². The Morgan fingerprint density at radius 2 is 1.82 bits per heavy atom. The van der Waals surface area contributed by atoms with Gasteiger partial charge < -0.3 is 14.1 Å². The minimum absolute atomic E-state index is 0.00125. The van der Waals surface area contributed by atoms with Crippen LogP contribution in [0.15, 0.2) is 93.4 Å². The zero-order chi connectivity index (χ0) is 22.6. The lowest BCUT2D eigenvalue weighted by molar-refractivity contribution is -0.116. The van der Waals surface area contributed by atoms with E-state index in [0.29, 0.717) is 16.9 Å². The molecule has 2 heterocycles. The Labute approximate surface area is 200 Å². The molecule has 0 aliphatic carbocycles. The fourth-order valence-corrected chi connectivity index (χ4v) is 5.60. The molecule has 0 spiro atoms. The van der Waals surface area contributed by atoms with E-state index in [0.717, 1.165) is 27.5 Å². The maximum atomic E-state index is 13.5. The summed E-state index contributed by atoms with van der Waals surface area (Å²) in [7, 11) is 1.60. The van der Waals surface area contributed by atoms with Crippen LogP contribution in [0, 0.1) is 0 Å². The molecule has 1 aromatic heterocycles. The summed E-state index contributed by atoms with van der Waals surface area (Å²) >= 11 is 3.02. The lowest BCUT2D eigenvalue weighted by Gasteiger charge is -2.37. The van der Waals surface area contributed by atoms with E-state index in [1.54, 1.807) is 18.9 Å². The van der Waals surface area contributed by atoms with Crippen LogP contribution in [0.2, 0.25) is 0 Å². The summed E-state index contributed by atoms with van der Waals surface area (Å²) < 4.78 is 11.2. The number of ether oxygens (including phenoxy) is 1. The van der Waals surface area contributed by atoms with E-state index in [1.807, 2.05) is 65.6 Å². The smallest absolute Gasteiger partial charge is 0.277 e. The van der Waals surface area contributed by atoms with Crippen molar-refractivity contribution < 1.29 is 13.9 Å². The Hall–Kier alpha value is -3.23. The normalized spacial score (nSPS) is 15.2. The zero-order valence-corrected chi connectivity index (χ0v) is 19.5. The van der Waals surface area contributed by atoms with Crippen LogP contribution in [0.1, 0.15) is 11.6 Å². The summed E-state index contributed by atoms with van der Waals surface area (Å²) in [6, 6.07) is 25.6. The van der Waals surface area contributed by atoms with Crippen LogP contribution in [0.25, 0.3) is 11.5 Å². The molecule has 33 heavy (non-hydrogen) atoms. The quantitative estimate of drug-likeness (QED) is 0.331. The van der Waals surface area contributed by atoms with Crippen LogP contribution in [0.4, 0.5) is 5.69 Å². The van der Waals surface area contributed by atoms with E-state index < -0.39 is 0 Å². The first kappa shape index (κ1) is 21.6. The number of para-hydroxylation sites is 2. The molecular formula is C25H21N3O3S2. The van der Waals surface area contributed by atoms with E-state index in [2.05, 4.69) is 28.4 Å². The van der Waals surface area contributed by atoms with Crippen molar-refractivity contribution in [1.82, 2.24) is 10.2 Å². The van der Waals surface area contributed by atoms with Crippen molar-refractivity contribution in [2.45, 2.75) is 16.2 Å². The first-order chi connectivity index (χ1) is 16.2. The molecule has 1 aliphatic heterocycles. The molecule has 1 amide bonds. The van der Waals surface area contributed by atoms with E-state index in [-0.39, 0.29) is 17.7 Å². The summed E-state index contributed by atoms with van der Waals surface area (Å²) in [6.45, 7) is 0. The van der Waals surface area contributed by atoms with Crippen LogP contribution >= 0.6 is 23.5 Å². The third-order valence-electron chi connectivity index (χ3n) is 5.35. The molecule has 1 aliphatic rings. The van der Waals surface area contributed by atoms with Crippen molar-refractivity contribution in [3.05, 3.63) is 84.4 Å². The Bertz CT molecular complexity index is 1260. The van der Waals surface area contributed by atoms with Gasteiger partial charge >= 0.3 is 0 Å². The highest BCUT2D eigenvalue weighted by Crippen LogP contribution is 2.43.